The second kappa shape index (κ2) is 3.69. The predicted octanol–water partition coefficient (Wildman–Crippen LogP) is 1.92. The maximum absolute atomic E-state index is 5.49. The molecular weight excluding hydrogens is 196 g/mol. The van der Waals surface area contributed by atoms with E-state index >= 15 is 0 Å². The molecule has 0 aliphatic carbocycles. The molecule has 0 spiro atoms. The highest BCUT2D eigenvalue weighted by Crippen LogP contribution is 2.24. The first-order valence-corrected chi connectivity index (χ1v) is 4.79. The lowest BCUT2D eigenvalue weighted by Crippen LogP contribution is -2.41. The van der Waals surface area contributed by atoms with Crippen LogP contribution in [0.15, 0.2) is 0 Å². The summed E-state index contributed by atoms with van der Waals surface area (Å²) in [5.74, 6) is -0.321. The maximum atomic E-state index is 5.49. The first-order valence-electron chi connectivity index (χ1n) is 3.67. The van der Waals surface area contributed by atoms with E-state index in [-0.39, 0.29) is 5.79 Å². The maximum Gasteiger partial charge on any atom is 0.177 e. The van der Waals surface area contributed by atoms with E-state index in [1.807, 2.05) is 0 Å². The van der Waals surface area contributed by atoms with Crippen LogP contribution in [0.2, 0.25) is 0 Å². The van der Waals surface area contributed by atoms with Crippen molar-refractivity contribution in [2.45, 2.75) is 25.6 Å². The number of alkyl halides is 1. The second-order valence-corrected chi connectivity index (χ2v) is 3.01. The first kappa shape index (κ1) is 8.50. The predicted molar refractivity (Wildman–Crippen MR) is 43.3 cm³/mol. The third kappa shape index (κ3) is 1.71. The van der Waals surface area contributed by atoms with Gasteiger partial charge in [-0.25, -0.2) is 0 Å². The summed E-state index contributed by atoms with van der Waals surface area (Å²) in [6.45, 7) is 3.74. The Kier molecular flexibility index (Phi) is 3.14. The summed E-state index contributed by atoms with van der Waals surface area (Å²) in [6.07, 6.45) is 1.94. The molecule has 0 saturated carbocycles. The van der Waals surface area contributed by atoms with Gasteiger partial charge < -0.3 is 9.47 Å². The molecule has 0 aromatic heterocycles. The number of rotatable bonds is 2. The number of halogens is 1. The molecule has 0 bridgehead atoms. The van der Waals surface area contributed by atoms with Crippen molar-refractivity contribution < 1.29 is 9.47 Å². The molecule has 1 aliphatic heterocycles. The van der Waals surface area contributed by atoms with Crippen LogP contribution in [0.5, 0.6) is 0 Å². The monoisotopic (exact) mass is 208 g/mol. The van der Waals surface area contributed by atoms with Crippen molar-refractivity contribution in [3.63, 3.8) is 0 Å². The van der Waals surface area contributed by atoms with Gasteiger partial charge in [0.05, 0.1) is 18.5 Å². The van der Waals surface area contributed by atoms with Crippen LogP contribution in [0, 0.1) is 0 Å². The van der Waals surface area contributed by atoms with Crippen molar-refractivity contribution >= 4 is 15.9 Å². The van der Waals surface area contributed by atoms with E-state index in [1.54, 1.807) is 0 Å². The van der Waals surface area contributed by atoms with Gasteiger partial charge in [0.15, 0.2) is 5.79 Å². The zero-order chi connectivity index (χ0) is 7.45. The van der Waals surface area contributed by atoms with Gasteiger partial charge in [0.25, 0.3) is 0 Å². The Morgan fingerprint density at radius 1 is 1.40 bits per heavy atom. The average Bonchev–Trinajstić information content (AvgIpc) is 2.06. The van der Waals surface area contributed by atoms with Crippen molar-refractivity contribution in [1.29, 1.82) is 0 Å². The lowest BCUT2D eigenvalue weighted by Gasteiger charge is -2.34. The lowest BCUT2D eigenvalue weighted by molar-refractivity contribution is -0.252. The molecule has 1 rings (SSSR count). The van der Waals surface area contributed by atoms with Crippen molar-refractivity contribution in [2.24, 2.45) is 0 Å². The van der Waals surface area contributed by atoms with Crippen LogP contribution >= 0.6 is 15.9 Å². The van der Waals surface area contributed by atoms with Gasteiger partial charge in [-0.2, -0.15) is 0 Å². The number of hydrogen-bond acceptors (Lipinski definition) is 2. The van der Waals surface area contributed by atoms with Crippen LogP contribution < -0.4 is 0 Å². The van der Waals surface area contributed by atoms with Gasteiger partial charge in [-0.05, 0) is 12.8 Å². The smallest absolute Gasteiger partial charge is 0.177 e. The van der Waals surface area contributed by atoms with Crippen LogP contribution in [-0.2, 0) is 9.47 Å². The van der Waals surface area contributed by atoms with Crippen molar-refractivity contribution in [3.05, 3.63) is 0 Å². The minimum atomic E-state index is -0.321. The Labute approximate surface area is 70.0 Å². The molecule has 0 aromatic rings. The summed E-state index contributed by atoms with van der Waals surface area (Å²) < 4.78 is 11.0. The van der Waals surface area contributed by atoms with Gasteiger partial charge in [-0.3, -0.25) is 0 Å². The molecule has 1 saturated heterocycles. The highest BCUT2D eigenvalue weighted by atomic mass is 79.9. The molecule has 2 nitrogen and oxygen atoms in total. The third-order valence-electron chi connectivity index (χ3n) is 1.76. The van der Waals surface area contributed by atoms with E-state index in [9.17, 15) is 0 Å². The molecule has 0 N–H and O–H groups in total. The molecular formula is C7H13BrO2. The summed E-state index contributed by atoms with van der Waals surface area (Å²) in [5.41, 5.74) is 0. The number of ether oxygens (including phenoxy) is 2. The van der Waals surface area contributed by atoms with Gasteiger partial charge in [0, 0.05) is 0 Å². The second-order valence-electron chi connectivity index (χ2n) is 2.45. The summed E-state index contributed by atoms with van der Waals surface area (Å²) >= 11 is 3.38. The third-order valence-corrected chi connectivity index (χ3v) is 2.62. The fourth-order valence-corrected chi connectivity index (χ4v) is 1.71. The summed E-state index contributed by atoms with van der Waals surface area (Å²) in [5, 5.41) is 0.774. The summed E-state index contributed by atoms with van der Waals surface area (Å²) in [6, 6.07) is 0. The SMILES string of the molecule is CCC1(CBr)OCCCO1. The highest BCUT2D eigenvalue weighted by molar-refractivity contribution is 9.09. The van der Waals surface area contributed by atoms with E-state index in [2.05, 4.69) is 22.9 Å². The fourth-order valence-electron chi connectivity index (χ4n) is 0.993. The Morgan fingerprint density at radius 2 is 2.00 bits per heavy atom. The molecule has 1 heterocycles. The molecule has 1 fully saturated rings. The van der Waals surface area contributed by atoms with Crippen LogP contribution in [0.3, 0.4) is 0 Å². The van der Waals surface area contributed by atoms with E-state index in [4.69, 9.17) is 9.47 Å². The molecule has 3 heteroatoms. The zero-order valence-electron chi connectivity index (χ0n) is 6.23. The van der Waals surface area contributed by atoms with E-state index in [0.717, 1.165) is 31.4 Å². The largest absolute Gasteiger partial charge is 0.349 e. The van der Waals surface area contributed by atoms with E-state index in [1.165, 1.54) is 0 Å². The minimum Gasteiger partial charge on any atom is -0.349 e. The molecule has 0 unspecified atom stereocenters. The van der Waals surface area contributed by atoms with Gasteiger partial charge in [-0.1, -0.05) is 22.9 Å². The molecule has 0 radical (unpaired) electrons. The van der Waals surface area contributed by atoms with E-state index < -0.39 is 0 Å². The molecule has 60 valence electrons. The summed E-state index contributed by atoms with van der Waals surface area (Å²) in [7, 11) is 0. The zero-order valence-corrected chi connectivity index (χ0v) is 7.82. The van der Waals surface area contributed by atoms with Crippen LogP contribution in [0.25, 0.3) is 0 Å². The van der Waals surface area contributed by atoms with Gasteiger partial charge in [0.2, 0.25) is 0 Å². The quantitative estimate of drug-likeness (QED) is 0.647. The Morgan fingerprint density at radius 3 is 2.30 bits per heavy atom. The fraction of sp³-hybridized carbons (Fsp3) is 1.00. The first-order chi connectivity index (χ1) is 4.83. The van der Waals surface area contributed by atoms with E-state index in [0.29, 0.717) is 0 Å². The Balaban J connectivity index is 2.44. The molecule has 10 heavy (non-hydrogen) atoms. The topological polar surface area (TPSA) is 18.5 Å². The lowest BCUT2D eigenvalue weighted by atomic mass is 10.2. The Hall–Kier alpha value is 0.400. The minimum absolute atomic E-state index is 0.321. The number of hydrogen-bond donors (Lipinski definition) is 0. The molecule has 0 amide bonds. The van der Waals surface area contributed by atoms with Crippen LogP contribution in [0.1, 0.15) is 19.8 Å². The van der Waals surface area contributed by atoms with Crippen molar-refractivity contribution in [2.75, 3.05) is 18.5 Å². The summed E-state index contributed by atoms with van der Waals surface area (Å²) in [4.78, 5) is 0. The molecule has 0 atom stereocenters. The standard InChI is InChI=1S/C7H13BrO2/c1-2-7(6-8)9-4-3-5-10-7/h2-6H2,1H3. The van der Waals surface area contributed by atoms with Crippen molar-refractivity contribution in [3.8, 4) is 0 Å². The average molecular weight is 209 g/mol. The van der Waals surface area contributed by atoms with Gasteiger partial charge in [-0.15, -0.1) is 0 Å². The Bertz CT molecular complexity index is 93.8. The van der Waals surface area contributed by atoms with Gasteiger partial charge in [0.1, 0.15) is 0 Å². The normalized spacial score (nSPS) is 24.6. The molecule has 0 aromatic carbocycles. The van der Waals surface area contributed by atoms with Crippen LogP contribution in [0.4, 0.5) is 0 Å². The highest BCUT2D eigenvalue weighted by Gasteiger charge is 2.30. The molecule has 1 aliphatic rings. The van der Waals surface area contributed by atoms with Crippen molar-refractivity contribution in [1.82, 2.24) is 0 Å². The van der Waals surface area contributed by atoms with Gasteiger partial charge >= 0.3 is 0 Å². The van der Waals surface area contributed by atoms with Crippen LogP contribution in [-0.4, -0.2) is 24.3 Å².